The van der Waals surface area contributed by atoms with E-state index in [0.29, 0.717) is 30.6 Å². The highest BCUT2D eigenvalue weighted by Crippen LogP contribution is 2.24. The molecule has 0 amide bonds. The van der Waals surface area contributed by atoms with Gasteiger partial charge < -0.3 is 10.5 Å². The van der Waals surface area contributed by atoms with Crippen LogP contribution in [0.1, 0.15) is 36.8 Å². The zero-order chi connectivity index (χ0) is 20.7. The van der Waals surface area contributed by atoms with Gasteiger partial charge in [0.05, 0.1) is 12.4 Å². The molecule has 2 heterocycles. The van der Waals surface area contributed by atoms with Gasteiger partial charge in [0.15, 0.2) is 0 Å². The summed E-state index contributed by atoms with van der Waals surface area (Å²) in [4.78, 5) is 16.7. The van der Waals surface area contributed by atoms with Crippen molar-refractivity contribution in [2.75, 3.05) is 18.9 Å². The lowest BCUT2D eigenvalue weighted by molar-refractivity contribution is -0.149. The lowest BCUT2D eigenvalue weighted by Crippen LogP contribution is -2.49. The Bertz CT molecular complexity index is 919. The van der Waals surface area contributed by atoms with Crippen LogP contribution >= 0.6 is 0 Å². The average Bonchev–Trinajstić information content (AvgIpc) is 2.71. The summed E-state index contributed by atoms with van der Waals surface area (Å²) in [5.41, 5.74) is 7.96. The van der Waals surface area contributed by atoms with Crippen LogP contribution in [0.2, 0.25) is 0 Å². The standard InChI is InChI=1S/C21H27N3O4S/c22-19-9-3-6-18(14-19)16-29(26,27)24-12-2-1-10-20(24)21(25)28-13-5-8-17-7-4-11-23-15-17/h3-4,6-7,9,11,14-15,20H,1-2,5,8,10,12-13,16,22H2. The maximum atomic E-state index is 13.0. The number of nitrogen functional groups attached to an aromatic ring is 1. The Morgan fingerprint density at radius 2 is 2.03 bits per heavy atom. The fourth-order valence-electron chi connectivity index (χ4n) is 3.54. The summed E-state index contributed by atoms with van der Waals surface area (Å²) in [5.74, 6) is -0.643. The molecule has 1 fully saturated rings. The van der Waals surface area contributed by atoms with Crippen LogP contribution in [0.5, 0.6) is 0 Å². The summed E-state index contributed by atoms with van der Waals surface area (Å²) in [6.07, 6.45) is 6.95. The number of hydrogen-bond acceptors (Lipinski definition) is 6. The quantitative estimate of drug-likeness (QED) is 0.402. The zero-order valence-corrected chi connectivity index (χ0v) is 17.2. The number of nitrogens with zero attached hydrogens (tertiary/aromatic N) is 2. The normalized spacial score (nSPS) is 17.7. The maximum absolute atomic E-state index is 13.0. The molecule has 1 aromatic carbocycles. The van der Waals surface area contributed by atoms with Crippen LogP contribution in [-0.2, 0) is 31.7 Å². The monoisotopic (exact) mass is 417 g/mol. The first-order valence-corrected chi connectivity index (χ1v) is 11.5. The van der Waals surface area contributed by atoms with Crippen molar-refractivity contribution in [3.8, 4) is 0 Å². The number of anilines is 1. The SMILES string of the molecule is Nc1cccc(CS(=O)(=O)N2CCCCC2C(=O)OCCCc2cccnc2)c1. The summed E-state index contributed by atoms with van der Waals surface area (Å²) >= 11 is 0. The number of hydrogen-bond donors (Lipinski definition) is 1. The van der Waals surface area contributed by atoms with E-state index in [1.807, 2.05) is 12.1 Å². The molecule has 2 aromatic rings. The third kappa shape index (κ3) is 6.01. The van der Waals surface area contributed by atoms with Crippen molar-refractivity contribution in [1.29, 1.82) is 0 Å². The number of ether oxygens (including phenoxy) is 1. The number of sulfonamides is 1. The average molecular weight is 418 g/mol. The lowest BCUT2D eigenvalue weighted by atomic mass is 10.1. The molecule has 7 nitrogen and oxygen atoms in total. The molecule has 8 heteroatoms. The van der Waals surface area contributed by atoms with E-state index in [1.165, 1.54) is 4.31 Å². The van der Waals surface area contributed by atoms with Crippen LogP contribution in [0.4, 0.5) is 5.69 Å². The highest BCUT2D eigenvalue weighted by atomic mass is 32.2. The van der Waals surface area contributed by atoms with E-state index < -0.39 is 22.0 Å². The summed E-state index contributed by atoms with van der Waals surface area (Å²) in [6, 6.07) is 9.89. The molecular formula is C21H27N3O4S. The Hall–Kier alpha value is -2.45. The summed E-state index contributed by atoms with van der Waals surface area (Å²) in [7, 11) is -3.65. The minimum Gasteiger partial charge on any atom is -0.464 e. The van der Waals surface area contributed by atoms with Gasteiger partial charge in [0.25, 0.3) is 0 Å². The first-order chi connectivity index (χ1) is 14.0. The minimum absolute atomic E-state index is 0.178. The fourth-order valence-corrected chi connectivity index (χ4v) is 5.29. The van der Waals surface area contributed by atoms with Crippen molar-refractivity contribution in [1.82, 2.24) is 9.29 Å². The largest absolute Gasteiger partial charge is 0.464 e. The first-order valence-electron chi connectivity index (χ1n) is 9.85. The van der Waals surface area contributed by atoms with Crippen LogP contribution < -0.4 is 5.73 Å². The third-order valence-corrected chi connectivity index (χ3v) is 6.81. The summed E-state index contributed by atoms with van der Waals surface area (Å²) < 4.78 is 32.7. The molecular weight excluding hydrogens is 390 g/mol. The zero-order valence-electron chi connectivity index (χ0n) is 16.4. The molecule has 0 saturated carbocycles. The molecule has 2 N–H and O–H groups in total. The van der Waals surface area contributed by atoms with Crippen LogP contribution in [0, 0.1) is 0 Å². The van der Waals surface area contributed by atoms with Gasteiger partial charge >= 0.3 is 5.97 Å². The Labute approximate surface area is 171 Å². The second kappa shape index (κ2) is 9.84. The van der Waals surface area contributed by atoms with E-state index in [9.17, 15) is 13.2 Å². The van der Waals surface area contributed by atoms with E-state index in [2.05, 4.69) is 4.98 Å². The van der Waals surface area contributed by atoms with Crippen LogP contribution in [0.15, 0.2) is 48.8 Å². The Balaban J connectivity index is 1.58. The predicted octanol–water partition coefficient (Wildman–Crippen LogP) is 2.52. The molecule has 1 saturated heterocycles. The van der Waals surface area contributed by atoms with Crippen molar-refractivity contribution in [2.24, 2.45) is 0 Å². The van der Waals surface area contributed by atoms with Gasteiger partial charge in [-0.15, -0.1) is 0 Å². The predicted molar refractivity (Wildman–Crippen MR) is 111 cm³/mol. The van der Waals surface area contributed by atoms with Crippen LogP contribution in [0.25, 0.3) is 0 Å². The van der Waals surface area contributed by atoms with Gasteiger partial charge in [-0.2, -0.15) is 4.31 Å². The third-order valence-electron chi connectivity index (χ3n) is 4.96. The van der Waals surface area contributed by atoms with E-state index in [1.54, 1.807) is 36.7 Å². The highest BCUT2D eigenvalue weighted by Gasteiger charge is 2.37. The number of piperidine rings is 1. The van der Waals surface area contributed by atoms with Crippen LogP contribution in [0.3, 0.4) is 0 Å². The molecule has 1 aliphatic rings. The van der Waals surface area contributed by atoms with E-state index >= 15 is 0 Å². The van der Waals surface area contributed by atoms with Crippen molar-refractivity contribution >= 4 is 21.7 Å². The van der Waals surface area contributed by atoms with Gasteiger partial charge in [-0.25, -0.2) is 8.42 Å². The number of rotatable bonds is 8. The Kier molecular flexibility index (Phi) is 7.22. The molecule has 0 spiro atoms. The number of esters is 1. The second-order valence-corrected chi connectivity index (χ2v) is 9.18. The van der Waals surface area contributed by atoms with Gasteiger partial charge in [-0.1, -0.05) is 18.2 Å². The second-order valence-electron chi connectivity index (χ2n) is 7.26. The topological polar surface area (TPSA) is 103 Å². The number of aryl methyl sites for hydroxylation is 1. The number of aromatic nitrogens is 1. The van der Waals surface area contributed by atoms with Crippen molar-refractivity contribution in [2.45, 2.75) is 43.9 Å². The van der Waals surface area contributed by atoms with Crippen molar-refractivity contribution in [3.05, 3.63) is 59.9 Å². The fraction of sp³-hybridized carbons (Fsp3) is 0.429. The lowest BCUT2D eigenvalue weighted by Gasteiger charge is -2.33. The molecule has 3 rings (SSSR count). The van der Waals surface area contributed by atoms with E-state index in [-0.39, 0.29) is 12.4 Å². The number of pyridine rings is 1. The molecule has 1 atom stereocenters. The molecule has 0 radical (unpaired) electrons. The molecule has 0 bridgehead atoms. The maximum Gasteiger partial charge on any atom is 0.324 e. The Morgan fingerprint density at radius 3 is 2.79 bits per heavy atom. The molecule has 0 aliphatic carbocycles. The highest BCUT2D eigenvalue weighted by molar-refractivity contribution is 7.88. The summed E-state index contributed by atoms with van der Waals surface area (Å²) in [6.45, 7) is 0.591. The van der Waals surface area contributed by atoms with E-state index in [0.717, 1.165) is 24.8 Å². The molecule has 1 unspecified atom stereocenters. The van der Waals surface area contributed by atoms with Gasteiger partial charge in [0.1, 0.15) is 6.04 Å². The number of carbonyl (C=O) groups excluding carboxylic acids is 1. The Morgan fingerprint density at radius 1 is 1.21 bits per heavy atom. The molecule has 156 valence electrons. The van der Waals surface area contributed by atoms with Crippen LogP contribution in [-0.4, -0.2) is 42.9 Å². The van der Waals surface area contributed by atoms with Gasteiger partial charge in [-0.3, -0.25) is 9.78 Å². The minimum atomic E-state index is -3.65. The van der Waals surface area contributed by atoms with Crippen molar-refractivity contribution in [3.63, 3.8) is 0 Å². The smallest absolute Gasteiger partial charge is 0.324 e. The molecule has 1 aromatic heterocycles. The van der Waals surface area contributed by atoms with Crippen molar-refractivity contribution < 1.29 is 17.9 Å². The first kappa shape index (κ1) is 21.3. The number of nitrogens with two attached hydrogens (primary N) is 1. The van der Waals surface area contributed by atoms with E-state index in [4.69, 9.17) is 10.5 Å². The molecule has 1 aliphatic heterocycles. The summed E-state index contributed by atoms with van der Waals surface area (Å²) in [5, 5.41) is 0. The molecule has 29 heavy (non-hydrogen) atoms. The van der Waals surface area contributed by atoms with Gasteiger partial charge in [0, 0.05) is 24.6 Å². The van der Waals surface area contributed by atoms with Gasteiger partial charge in [-0.05, 0) is 61.4 Å². The van der Waals surface area contributed by atoms with Gasteiger partial charge in [0.2, 0.25) is 10.0 Å². The number of carbonyl (C=O) groups is 1. The number of benzene rings is 1.